The lowest BCUT2D eigenvalue weighted by molar-refractivity contribution is -0.0659. The summed E-state index contributed by atoms with van der Waals surface area (Å²) in [5, 5.41) is 13.2. The van der Waals surface area contributed by atoms with Crippen LogP contribution in [0.15, 0.2) is 0 Å². The number of ether oxygens (including phenoxy) is 1. The Morgan fingerprint density at radius 3 is 2.88 bits per heavy atom. The molecule has 96 valence electrons. The monoisotopic (exact) mass is 230 g/mol. The maximum atomic E-state index is 9.92. The highest BCUT2D eigenvalue weighted by Crippen LogP contribution is 2.18. The van der Waals surface area contributed by atoms with Gasteiger partial charge < -0.3 is 15.2 Å². The molecule has 0 spiro atoms. The highest BCUT2D eigenvalue weighted by Gasteiger charge is 2.31. The summed E-state index contributed by atoms with van der Waals surface area (Å²) in [4.78, 5) is 2.31. The van der Waals surface area contributed by atoms with Gasteiger partial charge in [0.05, 0.1) is 19.3 Å². The molecule has 0 saturated carbocycles. The number of morpholine rings is 1. The average molecular weight is 230 g/mol. The zero-order valence-electron chi connectivity index (χ0n) is 10.8. The summed E-state index contributed by atoms with van der Waals surface area (Å²) in [5.74, 6) is 0. The van der Waals surface area contributed by atoms with Crippen LogP contribution < -0.4 is 5.32 Å². The normalized spacial score (nSPS) is 23.2. The third-order valence-corrected chi connectivity index (χ3v) is 3.05. The Balaban J connectivity index is 2.28. The molecule has 1 rings (SSSR count). The van der Waals surface area contributed by atoms with Crippen LogP contribution in [0, 0.1) is 0 Å². The summed E-state index contributed by atoms with van der Waals surface area (Å²) in [6, 6.07) is 0. The SMILES string of the molecule is CCCNCC(O)CN1CCOCC1(C)C. The van der Waals surface area contributed by atoms with Crippen molar-refractivity contribution in [2.75, 3.05) is 39.4 Å². The van der Waals surface area contributed by atoms with Gasteiger partial charge in [0.25, 0.3) is 0 Å². The van der Waals surface area contributed by atoms with E-state index in [-0.39, 0.29) is 11.6 Å². The Bertz CT molecular complexity index is 197. The molecule has 1 aliphatic heterocycles. The van der Waals surface area contributed by atoms with Gasteiger partial charge in [-0.2, -0.15) is 0 Å². The molecule has 1 aliphatic rings. The van der Waals surface area contributed by atoms with Crippen molar-refractivity contribution in [3.8, 4) is 0 Å². The van der Waals surface area contributed by atoms with Crippen LogP contribution in [-0.4, -0.2) is 61.0 Å². The molecule has 4 nitrogen and oxygen atoms in total. The average Bonchev–Trinajstić information content (AvgIpc) is 2.21. The van der Waals surface area contributed by atoms with Gasteiger partial charge in [-0.05, 0) is 26.8 Å². The van der Waals surface area contributed by atoms with Crippen LogP contribution in [0.2, 0.25) is 0 Å². The van der Waals surface area contributed by atoms with Crippen LogP contribution in [0.3, 0.4) is 0 Å². The van der Waals surface area contributed by atoms with Gasteiger partial charge in [-0.25, -0.2) is 0 Å². The molecule has 16 heavy (non-hydrogen) atoms. The Labute approximate surface area is 99.0 Å². The number of nitrogens with zero attached hydrogens (tertiary/aromatic N) is 1. The first kappa shape index (κ1) is 13.9. The fraction of sp³-hybridized carbons (Fsp3) is 1.00. The van der Waals surface area contributed by atoms with Crippen molar-refractivity contribution < 1.29 is 9.84 Å². The maximum absolute atomic E-state index is 9.92. The van der Waals surface area contributed by atoms with Crippen LogP contribution >= 0.6 is 0 Å². The molecular weight excluding hydrogens is 204 g/mol. The van der Waals surface area contributed by atoms with E-state index in [1.54, 1.807) is 0 Å². The predicted molar refractivity (Wildman–Crippen MR) is 65.6 cm³/mol. The van der Waals surface area contributed by atoms with Gasteiger partial charge in [0.2, 0.25) is 0 Å². The molecule has 0 radical (unpaired) electrons. The van der Waals surface area contributed by atoms with Crippen molar-refractivity contribution in [1.29, 1.82) is 0 Å². The molecule has 0 aromatic heterocycles. The van der Waals surface area contributed by atoms with Gasteiger partial charge in [0.1, 0.15) is 0 Å². The Kier molecular flexibility index (Phi) is 5.69. The van der Waals surface area contributed by atoms with Crippen molar-refractivity contribution in [2.45, 2.75) is 38.8 Å². The second kappa shape index (κ2) is 6.55. The van der Waals surface area contributed by atoms with E-state index >= 15 is 0 Å². The second-order valence-electron chi connectivity index (χ2n) is 5.17. The summed E-state index contributed by atoms with van der Waals surface area (Å²) in [6.45, 7) is 11.3. The summed E-state index contributed by atoms with van der Waals surface area (Å²) in [6.07, 6.45) is 0.819. The van der Waals surface area contributed by atoms with E-state index < -0.39 is 0 Å². The first-order chi connectivity index (χ1) is 7.56. The standard InChI is InChI=1S/C12H26N2O2/c1-4-5-13-8-11(15)9-14-6-7-16-10-12(14,2)3/h11,13,15H,4-10H2,1-3H3. The van der Waals surface area contributed by atoms with Crippen LogP contribution in [0.5, 0.6) is 0 Å². The number of rotatable bonds is 6. The van der Waals surface area contributed by atoms with E-state index in [1.807, 2.05) is 0 Å². The molecule has 0 aromatic rings. The molecule has 2 N–H and O–H groups in total. The molecule has 4 heteroatoms. The minimum atomic E-state index is -0.288. The van der Waals surface area contributed by atoms with Crippen LogP contribution in [0.25, 0.3) is 0 Å². The van der Waals surface area contributed by atoms with Crippen molar-refractivity contribution in [3.63, 3.8) is 0 Å². The number of hydrogen-bond donors (Lipinski definition) is 2. The number of β-amino-alcohol motifs (C(OH)–C–C–N with tert-alkyl or cyclic N) is 1. The molecule has 1 fully saturated rings. The number of aliphatic hydroxyl groups is 1. The molecule has 1 saturated heterocycles. The van der Waals surface area contributed by atoms with E-state index in [0.717, 1.165) is 39.3 Å². The zero-order chi connectivity index (χ0) is 12.0. The molecule has 1 heterocycles. The quantitative estimate of drug-likeness (QED) is 0.651. The third-order valence-electron chi connectivity index (χ3n) is 3.05. The highest BCUT2D eigenvalue weighted by molar-refractivity contribution is 4.85. The summed E-state index contributed by atoms with van der Waals surface area (Å²) >= 11 is 0. The van der Waals surface area contributed by atoms with E-state index in [4.69, 9.17) is 4.74 Å². The van der Waals surface area contributed by atoms with E-state index in [0.29, 0.717) is 6.54 Å². The van der Waals surface area contributed by atoms with Gasteiger partial charge >= 0.3 is 0 Å². The molecule has 0 aliphatic carbocycles. The molecule has 0 bridgehead atoms. The molecular formula is C12H26N2O2. The van der Waals surface area contributed by atoms with Crippen LogP contribution in [0.4, 0.5) is 0 Å². The smallest absolute Gasteiger partial charge is 0.0791 e. The topological polar surface area (TPSA) is 44.7 Å². The first-order valence-corrected chi connectivity index (χ1v) is 6.28. The summed E-state index contributed by atoms with van der Waals surface area (Å²) < 4.78 is 5.46. The Hall–Kier alpha value is -0.160. The maximum Gasteiger partial charge on any atom is 0.0791 e. The second-order valence-corrected chi connectivity index (χ2v) is 5.17. The van der Waals surface area contributed by atoms with E-state index in [1.165, 1.54) is 0 Å². The number of aliphatic hydroxyl groups excluding tert-OH is 1. The molecule has 0 amide bonds. The van der Waals surface area contributed by atoms with Crippen molar-refractivity contribution in [2.24, 2.45) is 0 Å². The van der Waals surface area contributed by atoms with E-state index in [9.17, 15) is 5.11 Å². The number of hydrogen-bond acceptors (Lipinski definition) is 4. The zero-order valence-corrected chi connectivity index (χ0v) is 10.8. The lowest BCUT2D eigenvalue weighted by atomic mass is 10.0. The van der Waals surface area contributed by atoms with Gasteiger partial charge in [0, 0.05) is 25.2 Å². The predicted octanol–water partition coefficient (Wildman–Crippen LogP) is 0.458. The van der Waals surface area contributed by atoms with Crippen molar-refractivity contribution >= 4 is 0 Å². The highest BCUT2D eigenvalue weighted by atomic mass is 16.5. The third kappa shape index (κ3) is 4.37. The van der Waals surface area contributed by atoms with Gasteiger partial charge in [-0.1, -0.05) is 6.92 Å². The van der Waals surface area contributed by atoms with Gasteiger partial charge in [-0.3, -0.25) is 4.90 Å². The molecule has 1 unspecified atom stereocenters. The number of nitrogens with one attached hydrogen (secondary N) is 1. The fourth-order valence-electron chi connectivity index (χ4n) is 1.99. The minimum Gasteiger partial charge on any atom is -0.390 e. The van der Waals surface area contributed by atoms with Gasteiger partial charge in [-0.15, -0.1) is 0 Å². The Morgan fingerprint density at radius 2 is 2.25 bits per heavy atom. The van der Waals surface area contributed by atoms with Crippen LogP contribution in [0.1, 0.15) is 27.2 Å². The van der Waals surface area contributed by atoms with E-state index in [2.05, 4.69) is 31.0 Å². The molecule has 1 atom stereocenters. The largest absolute Gasteiger partial charge is 0.390 e. The molecule has 0 aromatic carbocycles. The lowest BCUT2D eigenvalue weighted by Crippen LogP contribution is -2.56. The van der Waals surface area contributed by atoms with Crippen molar-refractivity contribution in [1.82, 2.24) is 10.2 Å². The summed E-state index contributed by atoms with van der Waals surface area (Å²) in [7, 11) is 0. The summed E-state index contributed by atoms with van der Waals surface area (Å²) in [5.41, 5.74) is 0.0456. The first-order valence-electron chi connectivity index (χ1n) is 6.28. The Morgan fingerprint density at radius 1 is 1.50 bits per heavy atom. The van der Waals surface area contributed by atoms with Crippen molar-refractivity contribution in [3.05, 3.63) is 0 Å². The van der Waals surface area contributed by atoms with Crippen LogP contribution in [-0.2, 0) is 4.74 Å². The lowest BCUT2D eigenvalue weighted by Gasteiger charge is -2.43. The fourth-order valence-corrected chi connectivity index (χ4v) is 1.99. The van der Waals surface area contributed by atoms with Gasteiger partial charge in [0.15, 0.2) is 0 Å². The minimum absolute atomic E-state index is 0.0456.